The van der Waals surface area contributed by atoms with Gasteiger partial charge in [0.05, 0.1) is 11.5 Å². The molecule has 2 N–H and O–H groups in total. The van der Waals surface area contributed by atoms with Gasteiger partial charge in [0, 0.05) is 39.8 Å². The minimum atomic E-state index is -0.00990. The molecule has 28 heavy (non-hydrogen) atoms. The number of hydrogen-bond donors (Lipinski definition) is 2. The zero-order valence-corrected chi connectivity index (χ0v) is 19.3. The number of carbonyl (C=O) groups excluding carboxylic acids is 1. The molecule has 1 aromatic heterocycles. The van der Waals surface area contributed by atoms with Crippen molar-refractivity contribution in [3.63, 3.8) is 0 Å². The van der Waals surface area contributed by atoms with Crippen molar-refractivity contribution in [1.29, 1.82) is 0 Å². The van der Waals surface area contributed by atoms with E-state index in [4.69, 9.17) is 0 Å². The molecule has 6 nitrogen and oxygen atoms in total. The Kier molecular flexibility index (Phi) is 9.56. The van der Waals surface area contributed by atoms with Gasteiger partial charge in [0.25, 0.3) is 0 Å². The molecule has 1 amide bonds. The average Bonchev–Trinajstić information content (AvgIpc) is 3.25. The van der Waals surface area contributed by atoms with E-state index < -0.39 is 0 Å². The molecule has 0 bridgehead atoms. The Bertz CT molecular complexity index is 730. The molecule has 1 aliphatic rings. The molecule has 0 aliphatic carbocycles. The number of hydrogen-bond acceptors (Lipinski definition) is 4. The summed E-state index contributed by atoms with van der Waals surface area (Å²) in [6.07, 6.45) is 0.839. The first-order valence-electron chi connectivity index (χ1n) is 9.31. The molecule has 1 saturated heterocycles. The van der Waals surface area contributed by atoms with Gasteiger partial charge >= 0.3 is 0 Å². The van der Waals surface area contributed by atoms with Gasteiger partial charge < -0.3 is 20.4 Å². The van der Waals surface area contributed by atoms with E-state index in [1.807, 2.05) is 18.2 Å². The van der Waals surface area contributed by atoms with E-state index >= 15 is 0 Å². The van der Waals surface area contributed by atoms with Crippen LogP contribution in [0.4, 0.5) is 5.00 Å². The van der Waals surface area contributed by atoms with Crippen LogP contribution in [0.25, 0.3) is 0 Å². The van der Waals surface area contributed by atoms with Crippen LogP contribution in [0.15, 0.2) is 52.8 Å². The SMILES string of the molecule is CN=C(NCC(=O)NCCc1ccccc1)N1CCN(c2cccs2)CC1.I. The zero-order chi connectivity index (χ0) is 18.9. The summed E-state index contributed by atoms with van der Waals surface area (Å²) in [4.78, 5) is 21.0. The lowest BCUT2D eigenvalue weighted by molar-refractivity contribution is -0.120. The van der Waals surface area contributed by atoms with Crippen LogP contribution in [0.2, 0.25) is 0 Å². The van der Waals surface area contributed by atoms with Gasteiger partial charge in [-0.2, -0.15) is 0 Å². The number of halogens is 1. The van der Waals surface area contributed by atoms with E-state index in [9.17, 15) is 4.79 Å². The molecule has 8 heteroatoms. The fourth-order valence-corrected chi connectivity index (χ4v) is 3.92. The van der Waals surface area contributed by atoms with E-state index in [0.29, 0.717) is 6.54 Å². The molecule has 1 fully saturated rings. The minimum absolute atomic E-state index is 0. The molecule has 0 unspecified atom stereocenters. The Labute approximate surface area is 188 Å². The van der Waals surface area contributed by atoms with Gasteiger partial charge in [-0.3, -0.25) is 9.79 Å². The number of benzene rings is 1. The maximum Gasteiger partial charge on any atom is 0.239 e. The second-order valence-corrected chi connectivity index (χ2v) is 7.34. The topological polar surface area (TPSA) is 60.0 Å². The van der Waals surface area contributed by atoms with Gasteiger partial charge in [0.2, 0.25) is 5.91 Å². The number of nitrogens with zero attached hydrogens (tertiary/aromatic N) is 3. The summed E-state index contributed by atoms with van der Waals surface area (Å²) in [7, 11) is 1.77. The van der Waals surface area contributed by atoms with Crippen molar-refractivity contribution in [2.24, 2.45) is 4.99 Å². The lowest BCUT2D eigenvalue weighted by Gasteiger charge is -2.36. The van der Waals surface area contributed by atoms with Crippen LogP contribution >= 0.6 is 35.3 Å². The summed E-state index contributed by atoms with van der Waals surface area (Å²) < 4.78 is 0. The van der Waals surface area contributed by atoms with Crippen molar-refractivity contribution in [2.45, 2.75) is 6.42 Å². The second kappa shape index (κ2) is 11.9. The fraction of sp³-hybridized carbons (Fsp3) is 0.400. The van der Waals surface area contributed by atoms with Crippen LogP contribution in [-0.2, 0) is 11.2 Å². The average molecular weight is 513 g/mol. The van der Waals surface area contributed by atoms with Crippen LogP contribution in [-0.4, -0.2) is 63.1 Å². The lowest BCUT2D eigenvalue weighted by atomic mass is 10.1. The molecule has 2 aromatic rings. The largest absolute Gasteiger partial charge is 0.360 e. The number of amides is 1. The van der Waals surface area contributed by atoms with Crippen LogP contribution in [0.1, 0.15) is 5.56 Å². The predicted octanol–water partition coefficient (Wildman–Crippen LogP) is 2.42. The molecule has 0 atom stereocenters. The molecule has 1 aliphatic heterocycles. The number of nitrogens with one attached hydrogen (secondary N) is 2. The molecule has 2 heterocycles. The Morgan fingerprint density at radius 1 is 1.07 bits per heavy atom. The number of piperazine rings is 1. The molecule has 3 rings (SSSR count). The van der Waals surface area contributed by atoms with E-state index in [2.05, 4.69) is 55.1 Å². The first-order chi connectivity index (χ1) is 13.3. The summed E-state index contributed by atoms with van der Waals surface area (Å²) in [5, 5.41) is 9.57. The highest BCUT2D eigenvalue weighted by molar-refractivity contribution is 14.0. The molecular formula is C20H28IN5OS. The molecule has 0 radical (unpaired) electrons. The summed E-state index contributed by atoms with van der Waals surface area (Å²) in [6.45, 7) is 4.60. The van der Waals surface area contributed by atoms with Crippen LogP contribution in [0, 0.1) is 0 Å². The van der Waals surface area contributed by atoms with Crippen LogP contribution in [0.5, 0.6) is 0 Å². The van der Waals surface area contributed by atoms with E-state index in [-0.39, 0.29) is 36.4 Å². The van der Waals surface area contributed by atoms with Gasteiger partial charge in [-0.15, -0.1) is 35.3 Å². The standard InChI is InChI=1S/C20H27N5OS.HI/c1-21-20(25-13-11-24(12-14-25)19-8-5-15-27-19)23-16-18(26)22-10-9-17-6-3-2-4-7-17;/h2-8,15H,9-14,16H2,1H3,(H,21,23)(H,22,26);1H. The Morgan fingerprint density at radius 3 is 2.46 bits per heavy atom. The third kappa shape index (κ3) is 6.66. The van der Waals surface area contributed by atoms with Crippen molar-refractivity contribution in [1.82, 2.24) is 15.5 Å². The summed E-state index contributed by atoms with van der Waals surface area (Å²) in [5.74, 6) is 0.781. The van der Waals surface area contributed by atoms with E-state index in [1.54, 1.807) is 18.4 Å². The predicted molar refractivity (Wildman–Crippen MR) is 128 cm³/mol. The van der Waals surface area contributed by atoms with Crippen LogP contribution in [0.3, 0.4) is 0 Å². The van der Waals surface area contributed by atoms with Gasteiger partial charge in [-0.25, -0.2) is 0 Å². The second-order valence-electron chi connectivity index (χ2n) is 6.41. The Hall–Kier alpha value is -1.81. The first-order valence-corrected chi connectivity index (χ1v) is 10.2. The minimum Gasteiger partial charge on any atom is -0.360 e. The summed E-state index contributed by atoms with van der Waals surface area (Å²) in [6, 6.07) is 14.4. The first kappa shape index (κ1) is 22.5. The number of guanidine groups is 1. The highest BCUT2D eigenvalue weighted by atomic mass is 127. The van der Waals surface area contributed by atoms with Crippen molar-refractivity contribution in [3.05, 3.63) is 53.4 Å². The number of aliphatic imine (C=N–C) groups is 1. The molecule has 152 valence electrons. The van der Waals surface area contributed by atoms with Crippen molar-refractivity contribution in [2.75, 3.05) is 51.2 Å². The monoisotopic (exact) mass is 513 g/mol. The molecular weight excluding hydrogens is 485 g/mol. The maximum absolute atomic E-state index is 12.1. The van der Waals surface area contributed by atoms with Crippen molar-refractivity contribution < 1.29 is 4.79 Å². The number of anilines is 1. The Morgan fingerprint density at radius 2 is 1.82 bits per heavy atom. The van der Waals surface area contributed by atoms with Gasteiger partial charge in [-0.1, -0.05) is 30.3 Å². The Balaban J connectivity index is 0.00000280. The number of carbonyl (C=O) groups is 1. The normalized spacial score (nSPS) is 14.4. The van der Waals surface area contributed by atoms with Crippen molar-refractivity contribution in [3.8, 4) is 0 Å². The highest BCUT2D eigenvalue weighted by Gasteiger charge is 2.20. The lowest BCUT2D eigenvalue weighted by Crippen LogP contribution is -2.53. The zero-order valence-electron chi connectivity index (χ0n) is 16.1. The highest BCUT2D eigenvalue weighted by Crippen LogP contribution is 2.22. The van der Waals surface area contributed by atoms with Gasteiger partial charge in [-0.05, 0) is 29.5 Å². The maximum atomic E-state index is 12.1. The number of thiophene rings is 1. The van der Waals surface area contributed by atoms with Gasteiger partial charge in [0.15, 0.2) is 5.96 Å². The molecule has 0 spiro atoms. The number of rotatable bonds is 6. The van der Waals surface area contributed by atoms with E-state index in [1.165, 1.54) is 10.6 Å². The van der Waals surface area contributed by atoms with Gasteiger partial charge in [0.1, 0.15) is 0 Å². The van der Waals surface area contributed by atoms with Crippen LogP contribution < -0.4 is 15.5 Å². The molecule has 1 aromatic carbocycles. The fourth-order valence-electron chi connectivity index (χ4n) is 3.13. The third-order valence-electron chi connectivity index (χ3n) is 4.59. The summed E-state index contributed by atoms with van der Waals surface area (Å²) >= 11 is 1.77. The van der Waals surface area contributed by atoms with Crippen molar-refractivity contribution >= 4 is 52.2 Å². The van der Waals surface area contributed by atoms with E-state index in [0.717, 1.165) is 38.6 Å². The molecule has 0 saturated carbocycles. The summed E-state index contributed by atoms with van der Waals surface area (Å²) in [5.41, 5.74) is 1.23. The third-order valence-corrected chi connectivity index (χ3v) is 5.52. The smallest absolute Gasteiger partial charge is 0.239 e. The quantitative estimate of drug-likeness (QED) is 0.354.